The average Bonchev–Trinajstić information content (AvgIpc) is 3.47. The summed E-state index contributed by atoms with van der Waals surface area (Å²) in [7, 11) is 5.99. The Balaban J connectivity index is 1.22. The number of aromatic nitrogens is 6. The zero-order valence-electron chi connectivity index (χ0n) is 27.3. The number of nitrogens with one attached hydrogen (secondary N) is 2. The predicted octanol–water partition coefficient (Wildman–Crippen LogP) is 4.88. The van der Waals surface area contributed by atoms with E-state index in [0.717, 1.165) is 72.6 Å². The van der Waals surface area contributed by atoms with Gasteiger partial charge in [0.05, 0.1) is 12.2 Å². The van der Waals surface area contributed by atoms with Crippen LogP contribution in [0.1, 0.15) is 43.0 Å². The van der Waals surface area contributed by atoms with Crippen molar-refractivity contribution in [2.75, 3.05) is 55.9 Å². The zero-order chi connectivity index (χ0) is 32.3. The van der Waals surface area contributed by atoms with Crippen molar-refractivity contribution in [1.82, 2.24) is 34.4 Å². The fourth-order valence-corrected chi connectivity index (χ4v) is 6.69. The maximum Gasteiger partial charge on any atom is 0.276 e. The molecule has 2 aromatic carbocycles. The Morgan fingerprint density at radius 1 is 0.957 bits per heavy atom. The number of ether oxygens (including phenoxy) is 1. The molecule has 2 aliphatic rings. The van der Waals surface area contributed by atoms with Gasteiger partial charge in [-0.1, -0.05) is 23.4 Å². The Kier molecular flexibility index (Phi) is 8.86. The molecule has 0 spiro atoms. The molecule has 2 saturated heterocycles. The minimum Gasteiger partial charge on any atom is -0.382 e. The third-order valence-electron chi connectivity index (χ3n) is 9.40. The second kappa shape index (κ2) is 13.5. The van der Waals surface area contributed by atoms with E-state index in [0.29, 0.717) is 36.5 Å². The van der Waals surface area contributed by atoms with Crippen molar-refractivity contribution >= 4 is 39.7 Å². The number of hydrogen-bond donors (Lipinski definition) is 2. The van der Waals surface area contributed by atoms with E-state index in [1.807, 2.05) is 72.2 Å². The fraction of sp³-hybridized carbons (Fsp3) is 0.400. The van der Waals surface area contributed by atoms with Crippen LogP contribution in [0.4, 0.5) is 28.7 Å². The van der Waals surface area contributed by atoms with Crippen LogP contribution < -0.4 is 21.1 Å². The average molecular weight is 635 g/mol. The van der Waals surface area contributed by atoms with E-state index in [1.165, 1.54) is 0 Å². The van der Waals surface area contributed by atoms with Crippen molar-refractivity contribution in [3.8, 4) is 0 Å². The molecular weight excluding hydrogens is 592 g/mol. The Bertz CT molecular complexity index is 1880. The standard InChI is InChI=1S/C35H42N10O2/c1-42-17-13-28(14-18-42)37-26-9-11-27(12-10-26)38-35-36-22-25-21-31(43(2)29-7-5-4-6-8-29)34(46)45(33(25)39-35)23-30-32(44(3)41-40-30)24-15-19-47-20-16-24/h4-12,21-22,24,28,37H,13-20,23H2,1-3H3,(H,36,38,39). The van der Waals surface area contributed by atoms with Crippen molar-refractivity contribution < 1.29 is 4.74 Å². The van der Waals surface area contributed by atoms with E-state index < -0.39 is 0 Å². The van der Waals surface area contributed by atoms with Crippen molar-refractivity contribution in [3.05, 3.63) is 88.6 Å². The van der Waals surface area contributed by atoms with Crippen LogP contribution in [0.15, 0.2) is 71.7 Å². The molecule has 0 saturated carbocycles. The molecule has 0 unspecified atom stereocenters. The SMILES string of the molecule is CN1CCC(Nc2ccc(Nc3ncc4cc(N(C)c5ccccc5)c(=O)n(Cc5nnn(C)c5C5CCOCC5)c4n3)cc2)CC1. The lowest BCUT2D eigenvalue weighted by Crippen LogP contribution is -2.36. The third-order valence-corrected chi connectivity index (χ3v) is 9.40. The summed E-state index contributed by atoms with van der Waals surface area (Å²) in [6, 6.07) is 20.4. The quantitative estimate of drug-likeness (QED) is 0.232. The van der Waals surface area contributed by atoms with Crippen LogP contribution in [-0.2, 0) is 18.3 Å². The van der Waals surface area contributed by atoms with Crippen LogP contribution in [0.3, 0.4) is 0 Å². The molecule has 5 aromatic rings. The second-order valence-corrected chi connectivity index (χ2v) is 12.6. The van der Waals surface area contributed by atoms with Gasteiger partial charge in [0.25, 0.3) is 5.56 Å². The van der Waals surface area contributed by atoms with Gasteiger partial charge in [0.15, 0.2) is 0 Å². The zero-order valence-corrected chi connectivity index (χ0v) is 27.3. The minimum absolute atomic E-state index is 0.165. The van der Waals surface area contributed by atoms with Crippen molar-refractivity contribution in [1.29, 1.82) is 0 Å². The highest BCUT2D eigenvalue weighted by Crippen LogP contribution is 2.30. The van der Waals surface area contributed by atoms with Gasteiger partial charge < -0.3 is 25.2 Å². The first-order chi connectivity index (χ1) is 22.9. The predicted molar refractivity (Wildman–Crippen MR) is 185 cm³/mol. The van der Waals surface area contributed by atoms with Gasteiger partial charge in [0.2, 0.25) is 5.95 Å². The van der Waals surface area contributed by atoms with Crippen LogP contribution in [-0.4, -0.2) is 80.9 Å². The Morgan fingerprint density at radius 2 is 1.68 bits per heavy atom. The smallest absolute Gasteiger partial charge is 0.276 e. The Labute approximate surface area is 274 Å². The summed E-state index contributed by atoms with van der Waals surface area (Å²) in [5, 5.41) is 16.7. The Hall–Kier alpha value is -4.81. The summed E-state index contributed by atoms with van der Waals surface area (Å²) < 4.78 is 9.17. The first kappa shape index (κ1) is 30.8. The molecule has 0 radical (unpaired) electrons. The van der Waals surface area contributed by atoms with Crippen LogP contribution in [0.5, 0.6) is 0 Å². The van der Waals surface area contributed by atoms with Crippen molar-refractivity contribution in [2.24, 2.45) is 7.05 Å². The number of piperidine rings is 1. The first-order valence-corrected chi connectivity index (χ1v) is 16.4. The summed E-state index contributed by atoms with van der Waals surface area (Å²) in [6.07, 6.45) is 5.83. The second-order valence-electron chi connectivity index (χ2n) is 12.6. The number of aryl methyl sites for hydroxylation is 1. The molecule has 47 heavy (non-hydrogen) atoms. The van der Waals surface area contributed by atoms with Crippen molar-refractivity contribution in [3.63, 3.8) is 0 Å². The van der Waals surface area contributed by atoms with Gasteiger partial charge in [-0.05, 0) is 88.3 Å². The molecule has 0 atom stereocenters. The van der Waals surface area contributed by atoms with E-state index in [9.17, 15) is 4.79 Å². The molecule has 2 aliphatic heterocycles. The van der Waals surface area contributed by atoms with Gasteiger partial charge in [0, 0.05) is 67.9 Å². The lowest BCUT2D eigenvalue weighted by atomic mass is 9.94. The molecule has 3 aromatic heterocycles. The first-order valence-electron chi connectivity index (χ1n) is 16.4. The number of nitrogens with zero attached hydrogens (tertiary/aromatic N) is 8. The van der Waals surface area contributed by atoms with E-state index in [4.69, 9.17) is 9.72 Å². The summed E-state index contributed by atoms with van der Waals surface area (Å²) in [4.78, 5) is 28.2. The maximum absolute atomic E-state index is 14.3. The molecule has 2 fully saturated rings. The van der Waals surface area contributed by atoms with Crippen LogP contribution in [0.2, 0.25) is 0 Å². The van der Waals surface area contributed by atoms with E-state index >= 15 is 0 Å². The molecule has 2 N–H and O–H groups in total. The summed E-state index contributed by atoms with van der Waals surface area (Å²) in [6.45, 7) is 3.86. The summed E-state index contributed by atoms with van der Waals surface area (Å²) in [5.41, 5.74) is 5.56. The molecule has 12 heteroatoms. The van der Waals surface area contributed by atoms with Gasteiger partial charge >= 0.3 is 0 Å². The molecule has 7 rings (SSSR count). The molecule has 244 valence electrons. The van der Waals surface area contributed by atoms with Crippen LogP contribution in [0, 0.1) is 0 Å². The number of benzene rings is 2. The number of rotatable bonds is 9. The number of likely N-dealkylation sites (tertiary alicyclic amines) is 1. The summed E-state index contributed by atoms with van der Waals surface area (Å²) in [5.74, 6) is 0.675. The number of fused-ring (bicyclic) bond motifs is 1. The molecule has 0 bridgehead atoms. The van der Waals surface area contributed by atoms with Crippen LogP contribution >= 0.6 is 0 Å². The molecular formula is C35H42N10O2. The van der Waals surface area contributed by atoms with Gasteiger partial charge in [-0.15, -0.1) is 5.10 Å². The molecule has 5 heterocycles. The van der Waals surface area contributed by atoms with E-state index in [-0.39, 0.29) is 18.0 Å². The number of para-hydroxylation sites is 1. The number of anilines is 5. The number of pyridine rings is 1. The maximum atomic E-state index is 14.3. The fourth-order valence-electron chi connectivity index (χ4n) is 6.69. The Morgan fingerprint density at radius 3 is 2.43 bits per heavy atom. The summed E-state index contributed by atoms with van der Waals surface area (Å²) >= 11 is 0. The lowest BCUT2D eigenvalue weighted by Gasteiger charge is -2.30. The normalized spacial score (nSPS) is 16.4. The highest BCUT2D eigenvalue weighted by atomic mass is 16.5. The van der Waals surface area contributed by atoms with Gasteiger partial charge in [-0.3, -0.25) is 14.0 Å². The monoisotopic (exact) mass is 634 g/mol. The highest BCUT2D eigenvalue weighted by molar-refractivity contribution is 5.81. The van der Waals surface area contributed by atoms with Gasteiger partial charge in [-0.2, -0.15) is 4.98 Å². The third kappa shape index (κ3) is 6.70. The van der Waals surface area contributed by atoms with E-state index in [2.05, 4.69) is 50.0 Å². The van der Waals surface area contributed by atoms with Crippen molar-refractivity contribution in [2.45, 2.75) is 44.2 Å². The number of hydrogen-bond acceptors (Lipinski definition) is 10. The molecule has 0 aliphatic carbocycles. The largest absolute Gasteiger partial charge is 0.382 e. The van der Waals surface area contributed by atoms with Gasteiger partial charge in [0.1, 0.15) is 17.0 Å². The molecule has 12 nitrogen and oxygen atoms in total. The highest BCUT2D eigenvalue weighted by Gasteiger charge is 2.26. The van der Waals surface area contributed by atoms with Crippen LogP contribution in [0.25, 0.3) is 11.0 Å². The van der Waals surface area contributed by atoms with E-state index in [1.54, 1.807) is 10.8 Å². The van der Waals surface area contributed by atoms with Gasteiger partial charge in [-0.25, -0.2) is 4.98 Å². The molecule has 0 amide bonds. The lowest BCUT2D eigenvalue weighted by molar-refractivity contribution is 0.0835. The topological polar surface area (TPSA) is 118 Å². The minimum atomic E-state index is -0.165.